The molecule has 0 spiro atoms. The Balaban J connectivity index is 1.20. The maximum Gasteiger partial charge on any atom is 0.309 e. The van der Waals surface area contributed by atoms with Gasteiger partial charge >= 0.3 is 5.97 Å². The third-order valence-corrected chi connectivity index (χ3v) is 14.0. The topological polar surface area (TPSA) is 55.8 Å². The van der Waals surface area contributed by atoms with Crippen LogP contribution in [0.15, 0.2) is 0 Å². The molecule has 1 aliphatic heterocycles. The van der Waals surface area contributed by atoms with E-state index in [-0.39, 0.29) is 41.5 Å². The summed E-state index contributed by atoms with van der Waals surface area (Å²) < 4.78 is 13.2. The fourth-order valence-corrected chi connectivity index (χ4v) is 11.2. The van der Waals surface area contributed by atoms with Gasteiger partial charge in [0.15, 0.2) is 0 Å². The van der Waals surface area contributed by atoms with Crippen LogP contribution in [-0.4, -0.2) is 35.5 Å². The molecule has 0 bridgehead atoms. The van der Waals surface area contributed by atoms with Crippen LogP contribution in [0.3, 0.4) is 0 Å². The van der Waals surface area contributed by atoms with Crippen molar-refractivity contribution in [2.24, 2.45) is 57.7 Å². The second-order valence-electron chi connectivity index (χ2n) is 16.2. The van der Waals surface area contributed by atoms with Crippen LogP contribution in [0.5, 0.6) is 0 Å². The van der Waals surface area contributed by atoms with Gasteiger partial charge in [-0.05, 0) is 129 Å². The molecular weight excluding hydrogens is 472 g/mol. The average Bonchev–Trinajstić information content (AvgIpc) is 2.93. The SMILES string of the molecule is CC(C)C(OC(=O)C1CCC1)C1CCC2C(CC3(C)C4CCC5C(CCC(O)C5(C)C)CC4CCC23C)O1. The highest BCUT2D eigenvalue weighted by atomic mass is 16.6. The first kappa shape index (κ1) is 27.6. The van der Waals surface area contributed by atoms with Crippen LogP contribution < -0.4 is 0 Å². The third kappa shape index (κ3) is 4.15. The van der Waals surface area contributed by atoms with Gasteiger partial charge in [-0.15, -0.1) is 0 Å². The fraction of sp³-hybridized carbons (Fsp3) is 0.971. The predicted molar refractivity (Wildman–Crippen MR) is 150 cm³/mol. The summed E-state index contributed by atoms with van der Waals surface area (Å²) in [6.45, 7) is 14.3. The van der Waals surface area contributed by atoms with E-state index in [1.807, 2.05) is 0 Å². The lowest BCUT2D eigenvalue weighted by Gasteiger charge is -2.56. The molecule has 38 heavy (non-hydrogen) atoms. The molecule has 1 heterocycles. The summed E-state index contributed by atoms with van der Waals surface area (Å²) in [6.07, 6.45) is 15.6. The Morgan fingerprint density at radius 2 is 1.53 bits per heavy atom. The van der Waals surface area contributed by atoms with Crippen molar-refractivity contribution in [1.29, 1.82) is 0 Å². The molecule has 4 heteroatoms. The molecule has 0 radical (unpaired) electrons. The third-order valence-electron chi connectivity index (χ3n) is 14.0. The Hall–Kier alpha value is -0.610. The van der Waals surface area contributed by atoms with E-state index in [4.69, 9.17) is 9.47 Å². The smallest absolute Gasteiger partial charge is 0.309 e. The number of hydrogen-bond acceptors (Lipinski definition) is 4. The van der Waals surface area contributed by atoms with Gasteiger partial charge < -0.3 is 14.6 Å². The number of rotatable bonds is 4. The van der Waals surface area contributed by atoms with Gasteiger partial charge in [0.2, 0.25) is 0 Å². The van der Waals surface area contributed by atoms with Gasteiger partial charge in [-0.25, -0.2) is 0 Å². The maximum absolute atomic E-state index is 12.8. The molecule has 6 aliphatic rings. The highest BCUT2D eigenvalue weighted by Crippen LogP contribution is 2.71. The molecule has 0 aromatic heterocycles. The molecule has 0 aromatic carbocycles. The van der Waals surface area contributed by atoms with Gasteiger partial charge in [-0.2, -0.15) is 0 Å². The molecule has 1 saturated heterocycles. The normalized spacial score (nSPS) is 49.1. The number of aliphatic hydroxyl groups is 1. The molecule has 5 aliphatic carbocycles. The Bertz CT molecular complexity index is 893. The van der Waals surface area contributed by atoms with Crippen molar-refractivity contribution < 1.29 is 19.4 Å². The summed E-state index contributed by atoms with van der Waals surface area (Å²) in [7, 11) is 0. The lowest BCUT2D eigenvalue weighted by atomic mass is 9.48. The maximum atomic E-state index is 12.8. The van der Waals surface area contributed by atoms with Crippen LogP contribution in [0, 0.1) is 57.7 Å². The zero-order valence-electron chi connectivity index (χ0n) is 25.2. The van der Waals surface area contributed by atoms with Crippen molar-refractivity contribution in [3.05, 3.63) is 0 Å². The number of carbonyl (C=O) groups is 1. The Labute approximate surface area is 232 Å². The lowest BCUT2D eigenvalue weighted by molar-refractivity contribution is -0.184. The van der Waals surface area contributed by atoms with Gasteiger partial charge in [0.25, 0.3) is 0 Å². The van der Waals surface area contributed by atoms with Crippen molar-refractivity contribution in [1.82, 2.24) is 0 Å². The van der Waals surface area contributed by atoms with E-state index in [1.54, 1.807) is 0 Å². The summed E-state index contributed by atoms with van der Waals surface area (Å²) in [5, 5.41) is 10.9. The highest BCUT2D eigenvalue weighted by molar-refractivity contribution is 5.73. The number of hydrogen-bond donors (Lipinski definition) is 1. The number of carbonyl (C=O) groups excluding carboxylic acids is 1. The number of ether oxygens (including phenoxy) is 2. The summed E-state index contributed by atoms with van der Waals surface area (Å²) >= 11 is 0. The largest absolute Gasteiger partial charge is 0.459 e. The molecule has 0 amide bonds. The van der Waals surface area contributed by atoms with Crippen molar-refractivity contribution in [3.63, 3.8) is 0 Å². The Kier molecular flexibility index (Phi) is 7.07. The second kappa shape index (κ2) is 9.74. The molecule has 0 aromatic rings. The monoisotopic (exact) mass is 528 g/mol. The van der Waals surface area contributed by atoms with E-state index in [0.29, 0.717) is 28.8 Å². The summed E-state index contributed by atoms with van der Waals surface area (Å²) in [5.41, 5.74) is 0.694. The minimum absolute atomic E-state index is 0.0236. The molecule has 216 valence electrons. The Morgan fingerprint density at radius 1 is 0.842 bits per heavy atom. The molecule has 4 nitrogen and oxygen atoms in total. The van der Waals surface area contributed by atoms with Gasteiger partial charge in [0, 0.05) is 0 Å². The van der Waals surface area contributed by atoms with E-state index in [9.17, 15) is 9.90 Å². The van der Waals surface area contributed by atoms with Crippen molar-refractivity contribution in [3.8, 4) is 0 Å². The van der Waals surface area contributed by atoms with E-state index in [2.05, 4.69) is 41.5 Å². The zero-order valence-corrected chi connectivity index (χ0v) is 25.2. The molecule has 6 rings (SSSR count). The first-order valence-corrected chi connectivity index (χ1v) is 16.5. The van der Waals surface area contributed by atoms with Crippen LogP contribution >= 0.6 is 0 Å². The summed E-state index contributed by atoms with van der Waals surface area (Å²) in [5.74, 6) is 4.11. The van der Waals surface area contributed by atoms with E-state index >= 15 is 0 Å². The van der Waals surface area contributed by atoms with Crippen molar-refractivity contribution >= 4 is 5.97 Å². The number of fused-ring (bicyclic) bond motifs is 6. The van der Waals surface area contributed by atoms with Crippen LogP contribution in [0.2, 0.25) is 0 Å². The quantitative estimate of drug-likeness (QED) is 0.383. The van der Waals surface area contributed by atoms with Crippen LogP contribution in [0.1, 0.15) is 125 Å². The standard InChI is InChI=1S/C34H56O4/c1-20(2)30(38-31(36)21-8-7-9-21)27-14-13-26-28(37-27)19-34(6)25-12-11-24-22(10-15-29(35)32(24,3)4)18-23(25)16-17-33(26,34)5/h20-30,35H,7-19H2,1-6H3. The van der Waals surface area contributed by atoms with Crippen LogP contribution in [0.25, 0.3) is 0 Å². The van der Waals surface area contributed by atoms with Crippen molar-refractivity contribution in [2.75, 3.05) is 0 Å². The Morgan fingerprint density at radius 3 is 2.21 bits per heavy atom. The molecular formula is C34H56O4. The zero-order chi connectivity index (χ0) is 27.0. The molecule has 5 saturated carbocycles. The van der Waals surface area contributed by atoms with E-state index in [0.717, 1.165) is 49.9 Å². The minimum Gasteiger partial charge on any atom is -0.459 e. The summed E-state index contributed by atoms with van der Waals surface area (Å²) in [6, 6.07) is 0. The number of esters is 1. The van der Waals surface area contributed by atoms with Crippen LogP contribution in [0.4, 0.5) is 0 Å². The van der Waals surface area contributed by atoms with Gasteiger partial charge in [0.05, 0.1) is 24.2 Å². The van der Waals surface area contributed by atoms with Crippen LogP contribution in [-0.2, 0) is 14.3 Å². The van der Waals surface area contributed by atoms with Gasteiger partial charge in [-0.1, -0.05) is 48.0 Å². The molecule has 1 N–H and O–H groups in total. The molecule has 6 fully saturated rings. The molecule has 11 atom stereocenters. The van der Waals surface area contributed by atoms with Gasteiger partial charge in [0.1, 0.15) is 6.10 Å². The van der Waals surface area contributed by atoms with Crippen molar-refractivity contribution in [2.45, 2.75) is 149 Å². The van der Waals surface area contributed by atoms with E-state index in [1.165, 1.54) is 51.4 Å². The lowest BCUT2D eigenvalue weighted by Crippen LogP contribution is -2.50. The predicted octanol–water partition coefficient (Wildman–Crippen LogP) is 7.56. The van der Waals surface area contributed by atoms with E-state index < -0.39 is 0 Å². The fourth-order valence-electron chi connectivity index (χ4n) is 11.2. The average molecular weight is 529 g/mol. The number of aliphatic hydroxyl groups excluding tert-OH is 1. The first-order valence-electron chi connectivity index (χ1n) is 16.5. The highest BCUT2D eigenvalue weighted by Gasteiger charge is 2.66. The minimum atomic E-state index is -0.142. The summed E-state index contributed by atoms with van der Waals surface area (Å²) in [4.78, 5) is 12.8. The first-order chi connectivity index (χ1) is 18.0. The molecule has 11 unspecified atom stereocenters. The van der Waals surface area contributed by atoms with Gasteiger partial charge in [-0.3, -0.25) is 4.79 Å². The second-order valence-corrected chi connectivity index (χ2v) is 16.2.